The fourth-order valence-corrected chi connectivity index (χ4v) is 3.85. The number of rotatable bonds is 3. The molecule has 2 aliphatic heterocycles. The van der Waals surface area contributed by atoms with E-state index in [-0.39, 0.29) is 0 Å². The van der Waals surface area contributed by atoms with E-state index in [2.05, 4.69) is 10.2 Å². The number of nitrogens with one attached hydrogen (secondary N) is 1. The number of hydrogen-bond acceptors (Lipinski definition) is 4. The minimum atomic E-state index is -2.74. The summed E-state index contributed by atoms with van der Waals surface area (Å²) in [4.78, 5) is 2.32. The fourth-order valence-electron chi connectivity index (χ4n) is 2.54. The van der Waals surface area contributed by atoms with Gasteiger partial charge in [0.25, 0.3) is 0 Å². The van der Waals surface area contributed by atoms with Crippen molar-refractivity contribution in [2.24, 2.45) is 5.92 Å². The first-order valence-electron chi connectivity index (χ1n) is 6.29. The summed E-state index contributed by atoms with van der Waals surface area (Å²) in [5, 5.41) is 3.37. The minimum absolute atomic E-state index is 0.357. The molecule has 2 saturated heterocycles. The van der Waals surface area contributed by atoms with Gasteiger partial charge in [-0.25, -0.2) is 8.42 Å². The summed E-state index contributed by atoms with van der Waals surface area (Å²) < 4.78 is 22.9. The lowest BCUT2D eigenvalue weighted by atomic mass is 10.0. The normalized spacial score (nSPS) is 31.4. The van der Waals surface area contributed by atoms with Crippen LogP contribution in [0.4, 0.5) is 0 Å². The molecule has 2 aliphatic rings. The molecule has 4 nitrogen and oxygen atoms in total. The lowest BCUT2D eigenvalue weighted by Crippen LogP contribution is -2.29. The van der Waals surface area contributed by atoms with Gasteiger partial charge in [-0.1, -0.05) is 0 Å². The maximum atomic E-state index is 11.4. The van der Waals surface area contributed by atoms with Crippen LogP contribution >= 0.6 is 0 Å². The molecule has 1 unspecified atom stereocenters. The highest BCUT2D eigenvalue weighted by Crippen LogP contribution is 2.14. The molecule has 2 rings (SSSR count). The van der Waals surface area contributed by atoms with Crippen molar-refractivity contribution in [1.29, 1.82) is 0 Å². The van der Waals surface area contributed by atoms with Crippen LogP contribution in [0.1, 0.15) is 19.3 Å². The van der Waals surface area contributed by atoms with E-state index in [4.69, 9.17) is 0 Å². The lowest BCUT2D eigenvalue weighted by Gasteiger charge is -2.20. The summed E-state index contributed by atoms with van der Waals surface area (Å²) >= 11 is 0. The quantitative estimate of drug-likeness (QED) is 0.768. The first-order chi connectivity index (χ1) is 7.66. The first-order valence-corrected chi connectivity index (χ1v) is 8.11. The molecule has 0 aromatic rings. The van der Waals surface area contributed by atoms with E-state index in [1.54, 1.807) is 0 Å². The second-order valence-electron chi connectivity index (χ2n) is 4.99. The zero-order chi connectivity index (χ0) is 11.4. The first kappa shape index (κ1) is 12.3. The molecule has 0 aliphatic carbocycles. The Morgan fingerprint density at radius 1 is 1.25 bits per heavy atom. The molecule has 0 aromatic carbocycles. The van der Waals surface area contributed by atoms with Crippen molar-refractivity contribution in [1.82, 2.24) is 10.2 Å². The third kappa shape index (κ3) is 3.71. The third-order valence-corrected chi connectivity index (χ3v) is 5.38. The molecule has 0 saturated carbocycles. The van der Waals surface area contributed by atoms with Gasteiger partial charge in [0.2, 0.25) is 0 Å². The molecule has 0 amide bonds. The Morgan fingerprint density at radius 3 is 2.88 bits per heavy atom. The summed E-state index contributed by atoms with van der Waals surface area (Å²) in [5.74, 6) is 1.55. The molecule has 0 radical (unpaired) electrons. The van der Waals surface area contributed by atoms with Gasteiger partial charge in [0.1, 0.15) is 0 Å². The lowest BCUT2D eigenvalue weighted by molar-refractivity contribution is 0.272. The van der Waals surface area contributed by atoms with Crippen LogP contribution in [-0.4, -0.2) is 57.5 Å². The predicted octanol–water partition coefficient (Wildman–Crippen LogP) is 0.107. The maximum Gasteiger partial charge on any atom is 0.151 e. The number of hydrogen-bond donors (Lipinski definition) is 1. The van der Waals surface area contributed by atoms with Crippen molar-refractivity contribution in [2.75, 3.05) is 44.2 Å². The van der Waals surface area contributed by atoms with E-state index in [0.717, 1.165) is 45.1 Å². The van der Waals surface area contributed by atoms with Gasteiger partial charge in [-0.3, -0.25) is 0 Å². The van der Waals surface area contributed by atoms with E-state index < -0.39 is 9.84 Å². The van der Waals surface area contributed by atoms with Crippen molar-refractivity contribution in [3.63, 3.8) is 0 Å². The van der Waals surface area contributed by atoms with Gasteiger partial charge >= 0.3 is 0 Å². The summed E-state index contributed by atoms with van der Waals surface area (Å²) in [7, 11) is -2.74. The Balaban J connectivity index is 1.73. The highest BCUT2D eigenvalue weighted by molar-refractivity contribution is 7.91. The van der Waals surface area contributed by atoms with E-state index >= 15 is 0 Å². The number of sulfone groups is 1. The fraction of sp³-hybridized carbons (Fsp3) is 1.00. The van der Waals surface area contributed by atoms with Crippen molar-refractivity contribution >= 4 is 9.84 Å². The highest BCUT2D eigenvalue weighted by atomic mass is 32.2. The van der Waals surface area contributed by atoms with Crippen LogP contribution in [0, 0.1) is 5.92 Å². The standard InChI is InChI=1S/C11H22N2O2S/c14-16(15)8-1-5-13(7-9-16)6-3-11-2-4-12-10-11/h11-12H,1-10H2. The minimum Gasteiger partial charge on any atom is -0.316 e. The van der Waals surface area contributed by atoms with Gasteiger partial charge in [0.05, 0.1) is 11.5 Å². The highest BCUT2D eigenvalue weighted by Gasteiger charge is 2.20. The Morgan fingerprint density at radius 2 is 2.12 bits per heavy atom. The van der Waals surface area contributed by atoms with Crippen LogP contribution in [0.25, 0.3) is 0 Å². The SMILES string of the molecule is O=S1(=O)CCCN(CCC2CCNC2)CC1. The summed E-state index contributed by atoms with van der Waals surface area (Å²) in [6.45, 7) is 5.06. The van der Waals surface area contributed by atoms with Crippen LogP contribution < -0.4 is 5.32 Å². The van der Waals surface area contributed by atoms with E-state index in [9.17, 15) is 8.42 Å². The van der Waals surface area contributed by atoms with Crippen LogP contribution in [-0.2, 0) is 9.84 Å². The van der Waals surface area contributed by atoms with Gasteiger partial charge in [-0.2, -0.15) is 0 Å². The second kappa shape index (κ2) is 5.47. The van der Waals surface area contributed by atoms with Crippen molar-refractivity contribution < 1.29 is 8.42 Å². The Kier molecular flexibility index (Phi) is 4.21. The largest absolute Gasteiger partial charge is 0.316 e. The van der Waals surface area contributed by atoms with Gasteiger partial charge in [-0.15, -0.1) is 0 Å². The smallest absolute Gasteiger partial charge is 0.151 e. The number of nitrogens with zero attached hydrogens (tertiary/aromatic N) is 1. The maximum absolute atomic E-state index is 11.4. The average Bonchev–Trinajstić information content (AvgIpc) is 2.68. The molecule has 5 heteroatoms. The monoisotopic (exact) mass is 246 g/mol. The molecule has 2 heterocycles. The summed E-state index contributed by atoms with van der Waals surface area (Å²) in [6.07, 6.45) is 3.31. The molecule has 94 valence electrons. The predicted molar refractivity (Wildman–Crippen MR) is 65.3 cm³/mol. The van der Waals surface area contributed by atoms with Gasteiger partial charge in [0.15, 0.2) is 9.84 Å². The van der Waals surface area contributed by atoms with Crippen LogP contribution in [0.3, 0.4) is 0 Å². The summed E-state index contributed by atoms with van der Waals surface area (Å²) in [5.41, 5.74) is 0. The molecule has 16 heavy (non-hydrogen) atoms. The topological polar surface area (TPSA) is 49.4 Å². The van der Waals surface area contributed by atoms with Crippen LogP contribution in [0.5, 0.6) is 0 Å². The third-order valence-electron chi connectivity index (χ3n) is 3.66. The molecule has 1 atom stereocenters. The average molecular weight is 246 g/mol. The van der Waals surface area contributed by atoms with E-state index in [1.807, 2.05) is 0 Å². The summed E-state index contributed by atoms with van der Waals surface area (Å²) in [6, 6.07) is 0. The van der Waals surface area contributed by atoms with Crippen molar-refractivity contribution in [3.05, 3.63) is 0 Å². The van der Waals surface area contributed by atoms with E-state index in [1.165, 1.54) is 12.8 Å². The molecule has 2 fully saturated rings. The molecule has 0 bridgehead atoms. The van der Waals surface area contributed by atoms with Crippen LogP contribution in [0.2, 0.25) is 0 Å². The van der Waals surface area contributed by atoms with Crippen molar-refractivity contribution in [2.45, 2.75) is 19.3 Å². The molecular formula is C11H22N2O2S. The second-order valence-corrected chi connectivity index (χ2v) is 7.30. The molecule has 0 spiro atoms. The zero-order valence-electron chi connectivity index (χ0n) is 9.82. The molecule has 1 N–H and O–H groups in total. The Labute approximate surface area is 98.3 Å². The zero-order valence-corrected chi connectivity index (χ0v) is 10.6. The van der Waals surface area contributed by atoms with Crippen molar-refractivity contribution in [3.8, 4) is 0 Å². The van der Waals surface area contributed by atoms with Gasteiger partial charge in [-0.05, 0) is 51.4 Å². The van der Waals surface area contributed by atoms with Crippen LogP contribution in [0.15, 0.2) is 0 Å². The molecular weight excluding hydrogens is 224 g/mol. The van der Waals surface area contributed by atoms with Gasteiger partial charge < -0.3 is 10.2 Å². The van der Waals surface area contributed by atoms with E-state index in [0.29, 0.717) is 11.5 Å². The molecule has 0 aromatic heterocycles. The van der Waals surface area contributed by atoms with Gasteiger partial charge in [0, 0.05) is 6.54 Å². The Bertz CT molecular complexity index is 310. The Hall–Kier alpha value is -0.130.